The number of hydrogen-bond acceptors (Lipinski definition) is 7. The Balaban J connectivity index is 2.50. The van der Waals surface area contributed by atoms with Crippen LogP contribution in [0, 0.1) is 5.41 Å². The van der Waals surface area contributed by atoms with E-state index in [9.17, 15) is 22.8 Å². The number of carbonyl (C=O) groups is 3. The maximum Gasteiger partial charge on any atom is 0.337 e. The van der Waals surface area contributed by atoms with E-state index in [4.69, 9.17) is 21.1 Å². The Hall–Kier alpha value is -2.95. The summed E-state index contributed by atoms with van der Waals surface area (Å²) in [6.07, 6.45) is 10.7. The van der Waals surface area contributed by atoms with Crippen molar-refractivity contribution in [1.29, 1.82) is 0 Å². The summed E-state index contributed by atoms with van der Waals surface area (Å²) in [4.78, 5) is 40.6. The monoisotopic (exact) mass is 706 g/mol. The minimum absolute atomic E-state index is 0.00367. The number of unbranched alkanes of at least 4 members (excludes halogenated alkanes) is 8. The Kier molecular flexibility index (Phi) is 17.1. The van der Waals surface area contributed by atoms with Crippen molar-refractivity contribution in [3.63, 3.8) is 0 Å². The van der Waals surface area contributed by atoms with Crippen LogP contribution in [-0.2, 0) is 24.3 Å². The van der Waals surface area contributed by atoms with Crippen LogP contribution in [0.1, 0.15) is 122 Å². The molecule has 11 heteroatoms. The van der Waals surface area contributed by atoms with Gasteiger partial charge in [-0.3, -0.25) is 9.59 Å². The molecule has 0 spiro atoms. The molecule has 0 aliphatic heterocycles. The minimum Gasteiger partial charge on any atom is -0.465 e. The molecule has 2 N–H and O–H groups in total. The normalized spacial score (nSPS) is 14.4. The van der Waals surface area contributed by atoms with Gasteiger partial charge in [0.25, 0.3) is 5.91 Å². The van der Waals surface area contributed by atoms with Crippen LogP contribution >= 0.6 is 11.6 Å². The third kappa shape index (κ3) is 13.2. The summed E-state index contributed by atoms with van der Waals surface area (Å²) in [7, 11) is -3.11. The fourth-order valence-corrected chi connectivity index (χ4v) is 7.21. The van der Waals surface area contributed by atoms with Crippen molar-refractivity contribution in [2.24, 2.45) is 5.41 Å². The summed E-state index contributed by atoms with van der Waals surface area (Å²) in [6, 6.07) is 14.0. The highest BCUT2D eigenvalue weighted by Gasteiger charge is 2.56. The van der Waals surface area contributed by atoms with Crippen LogP contribution < -0.4 is 14.8 Å². The standard InChI is InChI=1S/C37H55ClN2O7S/c1-7-8-9-10-11-12-13-14-18-21-32(27-22-28(2)38)48(44,45)40-37(34(42)36(3,4)5,35(43)39-30-19-16-15-17-20-30)47-31-25-23-29(24-26-31)33(41)46-6/h15-17,19-20,23-26,28,32,40H,7-14,18,21-22,27H2,1-6H3,(H,39,43). The fourth-order valence-electron chi connectivity index (χ4n) is 5.37. The molecule has 2 aromatic rings. The van der Waals surface area contributed by atoms with E-state index in [0.29, 0.717) is 24.9 Å². The zero-order valence-electron chi connectivity index (χ0n) is 29.5. The van der Waals surface area contributed by atoms with Crippen molar-refractivity contribution >= 4 is 45.0 Å². The molecule has 268 valence electrons. The van der Waals surface area contributed by atoms with Crippen molar-refractivity contribution in [3.8, 4) is 5.75 Å². The van der Waals surface area contributed by atoms with Crippen LogP contribution in [0.25, 0.3) is 0 Å². The Morgan fingerprint density at radius 3 is 1.90 bits per heavy atom. The number of ketones is 1. The lowest BCUT2D eigenvalue weighted by atomic mass is 9.84. The SMILES string of the molecule is CCCCCCCCCCCC(CCC(C)Cl)S(=O)(=O)NC(Oc1ccc(C(=O)OC)cc1)(C(=O)Nc1ccccc1)C(=O)C(C)(C)C. The number of halogens is 1. The molecule has 0 bridgehead atoms. The molecule has 9 nitrogen and oxygen atoms in total. The Labute approximate surface area is 292 Å². The molecule has 0 saturated heterocycles. The number of ether oxygens (including phenoxy) is 2. The smallest absolute Gasteiger partial charge is 0.337 e. The van der Waals surface area contributed by atoms with Gasteiger partial charge in [0.05, 0.1) is 17.9 Å². The molecule has 0 fully saturated rings. The first kappa shape index (κ1) is 41.2. The van der Waals surface area contributed by atoms with E-state index >= 15 is 0 Å². The third-order valence-corrected chi connectivity index (χ3v) is 10.3. The summed E-state index contributed by atoms with van der Waals surface area (Å²) in [6.45, 7) is 8.77. The Morgan fingerprint density at radius 1 is 0.812 bits per heavy atom. The number of amides is 1. The summed E-state index contributed by atoms with van der Waals surface area (Å²) in [5.41, 5.74) is -3.36. The van der Waals surface area contributed by atoms with Gasteiger partial charge in [-0.1, -0.05) is 104 Å². The summed E-state index contributed by atoms with van der Waals surface area (Å²) in [5.74, 6) is -2.39. The van der Waals surface area contributed by atoms with E-state index in [1.165, 1.54) is 63.5 Å². The number of nitrogens with one attached hydrogen (secondary N) is 2. The first-order chi connectivity index (χ1) is 22.7. The van der Waals surface area contributed by atoms with Crippen LogP contribution in [0.2, 0.25) is 0 Å². The lowest BCUT2D eigenvalue weighted by Gasteiger charge is -2.37. The van der Waals surface area contributed by atoms with Gasteiger partial charge in [0, 0.05) is 16.5 Å². The van der Waals surface area contributed by atoms with E-state index in [-0.39, 0.29) is 23.1 Å². The molecule has 0 heterocycles. The lowest BCUT2D eigenvalue weighted by Crippen LogP contribution is -2.69. The maximum atomic E-state index is 14.4. The first-order valence-corrected chi connectivity index (χ1v) is 19.1. The molecule has 0 aliphatic carbocycles. The number of hydrogen-bond donors (Lipinski definition) is 2. The fraction of sp³-hybridized carbons (Fsp3) is 0.595. The highest BCUT2D eigenvalue weighted by molar-refractivity contribution is 7.90. The molecule has 0 radical (unpaired) electrons. The molecule has 0 aromatic heterocycles. The predicted molar refractivity (Wildman–Crippen MR) is 193 cm³/mol. The highest BCUT2D eigenvalue weighted by atomic mass is 35.5. The molecule has 0 saturated carbocycles. The lowest BCUT2D eigenvalue weighted by molar-refractivity contribution is -0.152. The molecule has 48 heavy (non-hydrogen) atoms. The molecule has 3 atom stereocenters. The molecule has 0 aliphatic rings. The summed E-state index contributed by atoms with van der Waals surface area (Å²) >= 11 is 6.27. The molecule has 2 rings (SSSR count). The van der Waals surface area contributed by atoms with Crippen LogP contribution in [0.15, 0.2) is 54.6 Å². The van der Waals surface area contributed by atoms with Crippen LogP contribution in [0.5, 0.6) is 5.75 Å². The second-order valence-corrected chi connectivity index (χ2v) is 16.1. The number of anilines is 1. The molecule has 2 aromatic carbocycles. The first-order valence-electron chi connectivity index (χ1n) is 17.1. The van der Waals surface area contributed by atoms with Gasteiger partial charge in [0.2, 0.25) is 15.8 Å². The summed E-state index contributed by atoms with van der Waals surface area (Å²) < 4.78 is 42.1. The number of carbonyl (C=O) groups excluding carboxylic acids is 3. The number of sulfonamides is 1. The molecule has 3 unspecified atom stereocenters. The quantitative estimate of drug-likeness (QED) is 0.0414. The second kappa shape index (κ2) is 19.9. The topological polar surface area (TPSA) is 128 Å². The predicted octanol–water partition coefficient (Wildman–Crippen LogP) is 8.42. The van der Waals surface area contributed by atoms with Gasteiger partial charge in [-0.15, -0.1) is 11.6 Å². The number of esters is 1. The van der Waals surface area contributed by atoms with Crippen molar-refractivity contribution < 1.29 is 32.3 Å². The average Bonchev–Trinajstić information content (AvgIpc) is 3.04. The van der Waals surface area contributed by atoms with Crippen molar-refractivity contribution in [3.05, 3.63) is 60.2 Å². The van der Waals surface area contributed by atoms with Crippen LogP contribution in [-0.4, -0.2) is 49.5 Å². The number of para-hydroxylation sites is 1. The molecular formula is C37H55ClN2O7S. The van der Waals surface area contributed by atoms with E-state index in [1.807, 2.05) is 0 Å². The Morgan fingerprint density at radius 2 is 1.38 bits per heavy atom. The Bertz CT molecular complexity index is 1390. The zero-order valence-corrected chi connectivity index (χ0v) is 31.1. The van der Waals surface area contributed by atoms with E-state index in [0.717, 1.165) is 19.3 Å². The van der Waals surface area contributed by atoms with Crippen molar-refractivity contribution in [1.82, 2.24) is 4.72 Å². The van der Waals surface area contributed by atoms with Gasteiger partial charge < -0.3 is 14.8 Å². The van der Waals surface area contributed by atoms with E-state index < -0.39 is 44.1 Å². The summed E-state index contributed by atoms with van der Waals surface area (Å²) in [5, 5.41) is 1.49. The number of benzene rings is 2. The number of alkyl halides is 1. The van der Waals surface area contributed by atoms with Gasteiger partial charge in [-0.05, 0) is 62.6 Å². The second-order valence-electron chi connectivity index (χ2n) is 13.4. The van der Waals surface area contributed by atoms with E-state index in [1.54, 1.807) is 58.0 Å². The zero-order chi connectivity index (χ0) is 35.8. The number of rotatable bonds is 22. The largest absolute Gasteiger partial charge is 0.465 e. The van der Waals surface area contributed by atoms with Gasteiger partial charge in [-0.25, -0.2) is 13.2 Å². The van der Waals surface area contributed by atoms with Crippen LogP contribution in [0.3, 0.4) is 0 Å². The third-order valence-electron chi connectivity index (χ3n) is 8.14. The average molecular weight is 707 g/mol. The van der Waals surface area contributed by atoms with Gasteiger partial charge in [0.1, 0.15) is 5.75 Å². The minimum atomic E-state index is -4.36. The van der Waals surface area contributed by atoms with Crippen molar-refractivity contribution in [2.45, 2.75) is 128 Å². The molecule has 1 amide bonds. The number of methoxy groups -OCH3 is 1. The van der Waals surface area contributed by atoms with Gasteiger partial charge in [0.15, 0.2) is 0 Å². The highest BCUT2D eigenvalue weighted by Crippen LogP contribution is 2.31. The van der Waals surface area contributed by atoms with E-state index in [2.05, 4.69) is 17.0 Å². The van der Waals surface area contributed by atoms with Crippen molar-refractivity contribution in [2.75, 3.05) is 12.4 Å². The van der Waals surface area contributed by atoms with Gasteiger partial charge >= 0.3 is 11.7 Å². The maximum absolute atomic E-state index is 14.4. The number of Topliss-reactive ketones (excluding diaryl/α,β-unsaturated/α-hetero) is 1. The van der Waals surface area contributed by atoms with Gasteiger partial charge in [-0.2, -0.15) is 4.72 Å². The van der Waals surface area contributed by atoms with Crippen LogP contribution in [0.4, 0.5) is 5.69 Å². The molecular weight excluding hydrogens is 652 g/mol.